The smallest absolute Gasteiger partial charge is 0.139 e. The number of ether oxygens (including phenoxy) is 1. The summed E-state index contributed by atoms with van der Waals surface area (Å²) >= 11 is 0. The second-order valence-electron chi connectivity index (χ2n) is 11.3. The van der Waals surface area contributed by atoms with Crippen molar-refractivity contribution < 1.29 is 9.53 Å². The quantitative estimate of drug-likeness (QED) is 0.542. The highest BCUT2D eigenvalue weighted by atomic mass is 16.5. The largest absolute Gasteiger partial charge is 0.498 e. The fraction of sp³-hybridized carbons (Fsp3) is 0.621. The molecule has 2 saturated carbocycles. The number of anilines is 1. The predicted octanol–water partition coefficient (Wildman–Crippen LogP) is 6.51. The van der Waals surface area contributed by atoms with Gasteiger partial charge in [-0.25, -0.2) is 0 Å². The van der Waals surface area contributed by atoms with E-state index in [0.29, 0.717) is 29.5 Å². The zero-order valence-corrected chi connectivity index (χ0v) is 20.5. The first-order valence-corrected chi connectivity index (χ1v) is 12.6. The third-order valence-electron chi connectivity index (χ3n) is 9.57. The lowest BCUT2D eigenvalue weighted by atomic mass is 9.45. The highest BCUT2D eigenvalue weighted by Crippen LogP contribution is 2.67. The number of Topliss-reactive ketones (excluding diaryl/α,β-unsaturated/α-hetero) is 1. The van der Waals surface area contributed by atoms with Crippen molar-refractivity contribution in [3.63, 3.8) is 0 Å². The molecule has 3 nitrogen and oxygen atoms in total. The summed E-state index contributed by atoms with van der Waals surface area (Å²) in [4.78, 5) is 15.3. The highest BCUT2D eigenvalue weighted by molar-refractivity contribution is 5.87. The highest BCUT2D eigenvalue weighted by Gasteiger charge is 2.61. The number of rotatable bonds is 4. The molecule has 1 aromatic rings. The molecule has 6 atom stereocenters. The van der Waals surface area contributed by atoms with Gasteiger partial charge in [-0.1, -0.05) is 32.1 Å². The molecule has 0 spiro atoms. The van der Waals surface area contributed by atoms with Gasteiger partial charge in [-0.15, -0.1) is 0 Å². The SMILES string of the molecule is CCOC1=CC2=CC[C@@H]3C([C@@H](c4ccc(N(C)C)cc4)C[C@]4(C)C(=O)CC[C@@H]34)[C@@]2(C)CC1. The molecule has 0 radical (unpaired) electrons. The van der Waals surface area contributed by atoms with E-state index in [2.05, 4.69) is 76.2 Å². The standard InChI is InChI=1S/C29H39NO2/c1-6-32-22-15-16-28(2)20(17-22)9-12-23-25-13-14-26(31)29(25,3)18-24(27(23)28)19-7-10-21(11-8-19)30(4)5/h7-11,17,23-25,27H,6,12-16,18H2,1-5H3/t23-,24+,25-,27?,28-,29-/m0/s1. The van der Waals surface area contributed by atoms with Gasteiger partial charge in [-0.3, -0.25) is 4.79 Å². The van der Waals surface area contributed by atoms with Crippen LogP contribution in [0.2, 0.25) is 0 Å². The summed E-state index contributed by atoms with van der Waals surface area (Å²) in [5.74, 6) is 3.79. The Bertz CT molecular complexity index is 958. The lowest BCUT2D eigenvalue weighted by molar-refractivity contribution is -0.133. The number of carbonyl (C=O) groups excluding carboxylic acids is 1. The molecule has 2 fully saturated rings. The molecular weight excluding hydrogens is 394 g/mol. The zero-order valence-electron chi connectivity index (χ0n) is 20.5. The fourth-order valence-corrected chi connectivity index (χ4v) is 7.91. The maximum Gasteiger partial charge on any atom is 0.139 e. The maximum atomic E-state index is 13.2. The van der Waals surface area contributed by atoms with E-state index >= 15 is 0 Å². The molecule has 5 rings (SSSR count). The number of carbonyl (C=O) groups is 1. The minimum atomic E-state index is -0.158. The minimum Gasteiger partial charge on any atom is -0.498 e. The van der Waals surface area contributed by atoms with Crippen LogP contribution in [0.25, 0.3) is 0 Å². The van der Waals surface area contributed by atoms with Gasteiger partial charge in [-0.2, -0.15) is 0 Å². The summed E-state index contributed by atoms with van der Waals surface area (Å²) in [5.41, 5.74) is 4.14. The zero-order chi connectivity index (χ0) is 22.7. The van der Waals surface area contributed by atoms with Crippen LogP contribution < -0.4 is 4.90 Å². The van der Waals surface area contributed by atoms with Crippen LogP contribution in [0.3, 0.4) is 0 Å². The molecule has 1 unspecified atom stereocenters. The molecule has 4 aliphatic carbocycles. The van der Waals surface area contributed by atoms with Gasteiger partial charge in [-0.05, 0) is 91.0 Å². The van der Waals surface area contributed by atoms with Gasteiger partial charge in [0.1, 0.15) is 5.78 Å². The van der Waals surface area contributed by atoms with E-state index in [4.69, 9.17) is 4.74 Å². The molecule has 0 heterocycles. The number of ketones is 1. The Morgan fingerprint density at radius 1 is 1.09 bits per heavy atom. The second kappa shape index (κ2) is 7.78. The lowest BCUT2D eigenvalue weighted by Crippen LogP contribution is -2.52. The van der Waals surface area contributed by atoms with Crippen LogP contribution in [0.5, 0.6) is 0 Å². The fourth-order valence-electron chi connectivity index (χ4n) is 7.91. The molecule has 0 aromatic heterocycles. The topological polar surface area (TPSA) is 29.5 Å². The van der Waals surface area contributed by atoms with Crippen molar-refractivity contribution in [3.05, 3.63) is 53.3 Å². The van der Waals surface area contributed by atoms with Gasteiger partial charge >= 0.3 is 0 Å². The van der Waals surface area contributed by atoms with E-state index in [-0.39, 0.29) is 10.8 Å². The van der Waals surface area contributed by atoms with Crippen LogP contribution in [0.1, 0.15) is 70.8 Å². The third-order valence-corrected chi connectivity index (χ3v) is 9.57. The van der Waals surface area contributed by atoms with Crippen LogP contribution in [0, 0.1) is 28.6 Å². The Balaban J connectivity index is 1.60. The first-order valence-electron chi connectivity index (χ1n) is 12.6. The first-order chi connectivity index (χ1) is 15.3. The van der Waals surface area contributed by atoms with Crippen molar-refractivity contribution in [2.75, 3.05) is 25.6 Å². The summed E-state index contributed by atoms with van der Waals surface area (Å²) < 4.78 is 5.93. The molecule has 0 bridgehead atoms. The molecule has 32 heavy (non-hydrogen) atoms. The van der Waals surface area contributed by atoms with Crippen molar-refractivity contribution in [1.82, 2.24) is 0 Å². The van der Waals surface area contributed by atoms with Crippen LogP contribution in [-0.4, -0.2) is 26.5 Å². The Morgan fingerprint density at radius 3 is 2.53 bits per heavy atom. The first kappa shape index (κ1) is 21.8. The summed E-state index contributed by atoms with van der Waals surface area (Å²) in [7, 11) is 4.19. The van der Waals surface area contributed by atoms with Crippen molar-refractivity contribution in [2.24, 2.45) is 28.6 Å². The summed E-state index contributed by atoms with van der Waals surface area (Å²) in [6.07, 6.45) is 11.0. The Kier molecular flexibility index (Phi) is 5.30. The van der Waals surface area contributed by atoms with Crippen molar-refractivity contribution in [1.29, 1.82) is 0 Å². The van der Waals surface area contributed by atoms with Crippen LogP contribution >= 0.6 is 0 Å². The summed E-state index contributed by atoms with van der Waals surface area (Å²) in [6, 6.07) is 9.19. The van der Waals surface area contributed by atoms with E-state index in [1.165, 1.54) is 16.8 Å². The van der Waals surface area contributed by atoms with Crippen LogP contribution in [0.4, 0.5) is 5.69 Å². The molecule has 4 aliphatic rings. The number of allylic oxidation sites excluding steroid dienone is 4. The van der Waals surface area contributed by atoms with Crippen molar-refractivity contribution in [2.45, 2.75) is 65.2 Å². The average molecular weight is 434 g/mol. The maximum absolute atomic E-state index is 13.2. The van der Waals surface area contributed by atoms with E-state index in [1.54, 1.807) is 0 Å². The van der Waals surface area contributed by atoms with Crippen LogP contribution in [0.15, 0.2) is 47.7 Å². The van der Waals surface area contributed by atoms with Crippen LogP contribution in [-0.2, 0) is 9.53 Å². The van der Waals surface area contributed by atoms with Gasteiger partial charge in [0, 0.05) is 38.0 Å². The molecule has 172 valence electrons. The normalized spacial score (nSPS) is 38.2. The van der Waals surface area contributed by atoms with Gasteiger partial charge < -0.3 is 9.64 Å². The van der Waals surface area contributed by atoms with Gasteiger partial charge in [0.15, 0.2) is 0 Å². The van der Waals surface area contributed by atoms with Gasteiger partial charge in [0.2, 0.25) is 0 Å². The van der Waals surface area contributed by atoms with E-state index in [0.717, 1.165) is 50.9 Å². The van der Waals surface area contributed by atoms with Gasteiger partial charge in [0.25, 0.3) is 0 Å². The molecule has 3 heteroatoms. The third kappa shape index (κ3) is 3.18. The molecule has 0 aliphatic heterocycles. The number of hydrogen-bond acceptors (Lipinski definition) is 3. The Labute approximate surface area is 193 Å². The van der Waals surface area contributed by atoms with Gasteiger partial charge in [0.05, 0.1) is 12.4 Å². The summed E-state index contributed by atoms with van der Waals surface area (Å²) in [6.45, 7) is 7.62. The van der Waals surface area contributed by atoms with Crippen molar-refractivity contribution in [3.8, 4) is 0 Å². The lowest BCUT2D eigenvalue weighted by Gasteiger charge is -2.59. The van der Waals surface area contributed by atoms with E-state index < -0.39 is 0 Å². The molecule has 1 aromatic carbocycles. The number of nitrogens with zero attached hydrogens (tertiary/aromatic N) is 1. The summed E-state index contributed by atoms with van der Waals surface area (Å²) in [5, 5.41) is 0. The average Bonchev–Trinajstić information content (AvgIpc) is 3.08. The molecule has 0 N–H and O–H groups in total. The minimum absolute atomic E-state index is 0.154. The van der Waals surface area contributed by atoms with Crippen molar-refractivity contribution >= 4 is 11.5 Å². The number of fused-ring (bicyclic) bond motifs is 5. The predicted molar refractivity (Wildman–Crippen MR) is 131 cm³/mol. The van der Waals surface area contributed by atoms with E-state index in [9.17, 15) is 4.79 Å². The number of benzene rings is 1. The monoisotopic (exact) mass is 433 g/mol. The molecular formula is C29H39NO2. The number of hydrogen-bond donors (Lipinski definition) is 0. The Hall–Kier alpha value is -2.03. The second-order valence-corrected chi connectivity index (χ2v) is 11.3. The molecule has 0 amide bonds. The Morgan fingerprint density at radius 2 is 1.84 bits per heavy atom. The van der Waals surface area contributed by atoms with E-state index in [1.807, 2.05) is 0 Å². The molecule has 0 saturated heterocycles.